The van der Waals surface area contributed by atoms with Crippen LogP contribution in [0.1, 0.15) is 10.4 Å². The Morgan fingerprint density at radius 3 is 2.67 bits per heavy atom. The van der Waals surface area contributed by atoms with Crippen LogP contribution in [0, 0.1) is 0 Å². The van der Waals surface area contributed by atoms with Gasteiger partial charge in [-0.05, 0) is 12.1 Å². The number of benzene rings is 1. The zero-order valence-electron chi connectivity index (χ0n) is 9.70. The summed E-state index contributed by atoms with van der Waals surface area (Å²) in [5.41, 5.74) is 0.306. The van der Waals surface area contributed by atoms with Crippen LogP contribution in [-0.4, -0.2) is 45.9 Å². The van der Waals surface area contributed by atoms with Crippen molar-refractivity contribution >= 4 is 16.4 Å². The Kier molecular flexibility index (Phi) is 4.07. The fraction of sp³-hybridized carbons (Fsp3) is 0.364. The number of piperazine rings is 1. The first kappa shape index (κ1) is 13.2. The lowest BCUT2D eigenvalue weighted by molar-refractivity contribution is -0.0597. The third-order valence-corrected chi connectivity index (χ3v) is 3.80. The molecule has 0 aliphatic carbocycles. The predicted molar refractivity (Wildman–Crippen MR) is 64.5 cm³/mol. The minimum atomic E-state index is -3.85. The average Bonchev–Trinajstić information content (AvgIpc) is 2.39. The van der Waals surface area contributed by atoms with Crippen molar-refractivity contribution in [2.75, 3.05) is 26.2 Å². The summed E-state index contributed by atoms with van der Waals surface area (Å²) in [6.45, 7) is 2.38. The Morgan fingerprint density at radius 1 is 1.28 bits per heavy atom. The number of hydrogen-bond acceptors (Lipinski definition) is 6. The van der Waals surface area contributed by atoms with Crippen molar-refractivity contribution in [3.05, 3.63) is 29.8 Å². The minimum Gasteiger partial charge on any atom is -0.314 e. The van der Waals surface area contributed by atoms with Gasteiger partial charge in [-0.2, -0.15) is 17.8 Å². The number of rotatable bonds is 4. The molecule has 2 rings (SSSR count). The van der Waals surface area contributed by atoms with Gasteiger partial charge < -0.3 is 5.32 Å². The van der Waals surface area contributed by atoms with Crippen LogP contribution in [0.4, 0.5) is 0 Å². The highest BCUT2D eigenvalue weighted by Crippen LogP contribution is 2.15. The van der Waals surface area contributed by atoms with Gasteiger partial charge in [0.05, 0.1) is 4.90 Å². The smallest absolute Gasteiger partial charge is 0.313 e. The number of aldehydes is 1. The zero-order chi connectivity index (χ0) is 13.0. The highest BCUT2D eigenvalue weighted by Gasteiger charge is 2.21. The highest BCUT2D eigenvalue weighted by atomic mass is 32.2. The van der Waals surface area contributed by atoms with Crippen LogP contribution < -0.4 is 5.32 Å². The monoisotopic (exact) mass is 270 g/mol. The summed E-state index contributed by atoms with van der Waals surface area (Å²) in [5, 5.41) is 4.50. The molecule has 1 N–H and O–H groups in total. The van der Waals surface area contributed by atoms with Crippen LogP contribution in [0.3, 0.4) is 0 Å². The molecule has 0 amide bonds. The maximum atomic E-state index is 12.0. The maximum absolute atomic E-state index is 12.0. The van der Waals surface area contributed by atoms with Crippen LogP contribution in [-0.2, 0) is 14.4 Å². The van der Waals surface area contributed by atoms with Crippen LogP contribution in [0.2, 0.25) is 0 Å². The Morgan fingerprint density at radius 2 is 2.00 bits per heavy atom. The van der Waals surface area contributed by atoms with Gasteiger partial charge >= 0.3 is 10.1 Å². The number of carbonyl (C=O) groups excluding carboxylic acids is 1. The predicted octanol–water partition coefficient (Wildman–Crippen LogP) is 0.0246. The molecule has 1 fully saturated rings. The fourth-order valence-electron chi connectivity index (χ4n) is 1.64. The van der Waals surface area contributed by atoms with Crippen LogP contribution in [0.15, 0.2) is 29.2 Å². The summed E-state index contributed by atoms with van der Waals surface area (Å²) in [6.07, 6.45) is 0.601. The lowest BCUT2D eigenvalue weighted by atomic mass is 10.2. The first-order valence-corrected chi connectivity index (χ1v) is 6.98. The number of hydrogen-bond donors (Lipinski definition) is 1. The highest BCUT2D eigenvalue weighted by molar-refractivity contribution is 7.86. The Balaban J connectivity index is 2.16. The molecular formula is C11H14N2O4S. The summed E-state index contributed by atoms with van der Waals surface area (Å²) >= 11 is 0. The third-order valence-electron chi connectivity index (χ3n) is 2.56. The molecule has 1 saturated heterocycles. The topological polar surface area (TPSA) is 75.7 Å². The largest absolute Gasteiger partial charge is 0.314 e. The van der Waals surface area contributed by atoms with E-state index in [0.29, 0.717) is 38.0 Å². The van der Waals surface area contributed by atoms with E-state index in [9.17, 15) is 13.2 Å². The number of hydroxylamine groups is 2. The summed E-state index contributed by atoms with van der Waals surface area (Å²) in [7, 11) is -3.85. The van der Waals surface area contributed by atoms with Gasteiger partial charge in [-0.3, -0.25) is 4.79 Å². The molecule has 0 aromatic heterocycles. The first-order chi connectivity index (χ1) is 8.62. The van der Waals surface area contributed by atoms with Crippen molar-refractivity contribution in [2.24, 2.45) is 0 Å². The van der Waals surface area contributed by atoms with Gasteiger partial charge in [0.25, 0.3) is 0 Å². The molecule has 1 aliphatic rings. The lowest BCUT2D eigenvalue weighted by Crippen LogP contribution is -2.44. The Labute approximate surface area is 106 Å². The van der Waals surface area contributed by atoms with Crippen LogP contribution >= 0.6 is 0 Å². The second-order valence-corrected chi connectivity index (χ2v) is 5.43. The molecule has 1 aromatic carbocycles. The van der Waals surface area contributed by atoms with Crippen LogP contribution in [0.5, 0.6) is 0 Å². The normalized spacial score (nSPS) is 17.6. The van der Waals surface area contributed by atoms with Gasteiger partial charge in [0.2, 0.25) is 0 Å². The summed E-state index contributed by atoms with van der Waals surface area (Å²) in [6, 6.07) is 5.75. The number of nitrogens with zero attached hydrogens (tertiary/aromatic N) is 1. The average molecular weight is 270 g/mol. The molecule has 1 aliphatic heterocycles. The molecule has 1 aromatic rings. The van der Waals surface area contributed by atoms with Crippen molar-refractivity contribution in [3.63, 3.8) is 0 Å². The molecule has 0 radical (unpaired) electrons. The van der Waals surface area contributed by atoms with E-state index in [1.807, 2.05) is 0 Å². The molecule has 0 bridgehead atoms. The Hall–Kier alpha value is -1.28. The molecule has 0 atom stereocenters. The van der Waals surface area contributed by atoms with Crippen molar-refractivity contribution in [2.45, 2.75) is 4.90 Å². The van der Waals surface area contributed by atoms with E-state index in [0.717, 1.165) is 0 Å². The second-order valence-electron chi connectivity index (χ2n) is 3.90. The maximum Gasteiger partial charge on any atom is 0.313 e. The minimum absolute atomic E-state index is 0.00867. The van der Waals surface area contributed by atoms with Gasteiger partial charge in [-0.15, -0.1) is 0 Å². The van der Waals surface area contributed by atoms with E-state index >= 15 is 0 Å². The van der Waals surface area contributed by atoms with E-state index in [-0.39, 0.29) is 4.90 Å². The standard InChI is InChI=1S/C11H14N2O4S/c14-9-10-2-1-3-11(8-10)18(15,16)17-13-6-4-12-5-7-13/h1-3,8-9,12H,4-7H2. The molecular weight excluding hydrogens is 256 g/mol. The molecule has 0 spiro atoms. The fourth-order valence-corrected chi connectivity index (χ4v) is 2.68. The molecule has 0 saturated carbocycles. The van der Waals surface area contributed by atoms with E-state index in [2.05, 4.69) is 5.32 Å². The molecule has 98 valence electrons. The first-order valence-electron chi connectivity index (χ1n) is 5.57. The van der Waals surface area contributed by atoms with Gasteiger partial charge in [-0.1, -0.05) is 12.1 Å². The Bertz CT molecular complexity index is 524. The molecule has 7 heteroatoms. The van der Waals surface area contributed by atoms with E-state index < -0.39 is 10.1 Å². The van der Waals surface area contributed by atoms with Crippen molar-refractivity contribution in [1.29, 1.82) is 0 Å². The van der Waals surface area contributed by atoms with Crippen molar-refractivity contribution in [3.8, 4) is 0 Å². The SMILES string of the molecule is O=Cc1cccc(S(=O)(=O)ON2CCNCC2)c1. The molecule has 6 nitrogen and oxygen atoms in total. The number of nitrogens with one attached hydrogen (secondary N) is 1. The van der Waals surface area contributed by atoms with E-state index in [1.54, 1.807) is 0 Å². The van der Waals surface area contributed by atoms with E-state index in [4.69, 9.17) is 4.28 Å². The molecule has 1 heterocycles. The number of carbonyl (C=O) groups is 1. The quantitative estimate of drug-likeness (QED) is 0.778. The summed E-state index contributed by atoms with van der Waals surface area (Å²) in [5.74, 6) is 0. The van der Waals surface area contributed by atoms with Gasteiger partial charge in [0, 0.05) is 31.7 Å². The van der Waals surface area contributed by atoms with Crippen molar-refractivity contribution < 1.29 is 17.5 Å². The second kappa shape index (κ2) is 5.57. The third kappa shape index (κ3) is 3.14. The van der Waals surface area contributed by atoms with Gasteiger partial charge in [0.1, 0.15) is 6.29 Å². The molecule has 18 heavy (non-hydrogen) atoms. The summed E-state index contributed by atoms with van der Waals surface area (Å²) < 4.78 is 29.0. The van der Waals surface area contributed by atoms with E-state index in [1.165, 1.54) is 29.3 Å². The summed E-state index contributed by atoms with van der Waals surface area (Å²) in [4.78, 5) is 10.6. The van der Waals surface area contributed by atoms with Crippen molar-refractivity contribution in [1.82, 2.24) is 10.4 Å². The molecule has 0 unspecified atom stereocenters. The van der Waals surface area contributed by atoms with Crippen LogP contribution in [0.25, 0.3) is 0 Å². The lowest BCUT2D eigenvalue weighted by Gasteiger charge is -2.25. The zero-order valence-corrected chi connectivity index (χ0v) is 10.5. The van der Waals surface area contributed by atoms with Gasteiger partial charge in [-0.25, -0.2) is 0 Å². The van der Waals surface area contributed by atoms with Gasteiger partial charge in [0.15, 0.2) is 0 Å².